The number of benzene rings is 4. The summed E-state index contributed by atoms with van der Waals surface area (Å²) >= 11 is 0. The fraction of sp³-hybridized carbons (Fsp3) is 0.163. The van der Waals surface area contributed by atoms with Crippen molar-refractivity contribution in [2.75, 3.05) is 4.90 Å². The van der Waals surface area contributed by atoms with Crippen LogP contribution in [0, 0.1) is 0 Å². The zero-order valence-corrected chi connectivity index (χ0v) is 27.9. The van der Waals surface area contributed by atoms with Gasteiger partial charge in [-0.25, -0.2) is 9.97 Å². The molecule has 4 heterocycles. The van der Waals surface area contributed by atoms with Crippen molar-refractivity contribution >= 4 is 28.0 Å². The number of anilines is 3. The van der Waals surface area contributed by atoms with Gasteiger partial charge in [0.15, 0.2) is 5.58 Å². The van der Waals surface area contributed by atoms with E-state index in [0.29, 0.717) is 11.8 Å². The van der Waals surface area contributed by atoms with E-state index in [1.807, 2.05) is 48.5 Å². The van der Waals surface area contributed by atoms with E-state index in [1.54, 1.807) is 0 Å². The van der Waals surface area contributed by atoms with Crippen LogP contribution in [0.2, 0.25) is 0 Å². The topological polar surface area (TPSA) is 51.4 Å². The SMILES string of the molecule is CC(C)(C)c1ccc(-c2ccccc2)nc1Oc1cc2c3c(oc2c(-c2ccccc2)n1)C(C)(C)c1ccccc1N3c1ccccc1. The van der Waals surface area contributed by atoms with Gasteiger partial charge in [-0.2, -0.15) is 0 Å². The largest absolute Gasteiger partial charge is 0.456 e. The number of pyridine rings is 2. The number of rotatable bonds is 5. The third kappa shape index (κ3) is 4.94. The molecule has 0 fully saturated rings. The smallest absolute Gasteiger partial charge is 0.225 e. The van der Waals surface area contributed by atoms with Crippen LogP contribution in [0.3, 0.4) is 0 Å². The molecule has 0 saturated carbocycles. The van der Waals surface area contributed by atoms with Gasteiger partial charge in [-0.15, -0.1) is 0 Å². The Labute approximate surface area is 281 Å². The minimum absolute atomic E-state index is 0.212. The Morgan fingerprint density at radius 3 is 2.00 bits per heavy atom. The molecule has 5 nitrogen and oxygen atoms in total. The van der Waals surface area contributed by atoms with Gasteiger partial charge < -0.3 is 14.1 Å². The maximum absolute atomic E-state index is 6.98. The maximum Gasteiger partial charge on any atom is 0.225 e. The Morgan fingerprint density at radius 2 is 1.31 bits per heavy atom. The minimum Gasteiger partial charge on any atom is -0.456 e. The molecule has 3 aromatic heterocycles. The van der Waals surface area contributed by atoms with Gasteiger partial charge in [-0.3, -0.25) is 0 Å². The highest BCUT2D eigenvalue weighted by molar-refractivity contribution is 6.05. The predicted octanol–water partition coefficient (Wildman–Crippen LogP) is 11.8. The fourth-order valence-electron chi connectivity index (χ4n) is 6.79. The van der Waals surface area contributed by atoms with E-state index in [4.69, 9.17) is 19.1 Å². The zero-order valence-electron chi connectivity index (χ0n) is 27.9. The zero-order chi connectivity index (χ0) is 33.0. The molecule has 7 aromatic rings. The van der Waals surface area contributed by atoms with Crippen molar-refractivity contribution in [3.63, 3.8) is 0 Å². The maximum atomic E-state index is 6.98. The summed E-state index contributed by atoms with van der Waals surface area (Å²) in [7, 11) is 0. The summed E-state index contributed by atoms with van der Waals surface area (Å²) in [6, 6.07) is 45.7. The van der Waals surface area contributed by atoms with Gasteiger partial charge in [0.25, 0.3) is 0 Å². The molecule has 1 aliphatic rings. The van der Waals surface area contributed by atoms with Crippen LogP contribution in [0.5, 0.6) is 11.8 Å². The lowest BCUT2D eigenvalue weighted by Crippen LogP contribution is -2.29. The highest BCUT2D eigenvalue weighted by Crippen LogP contribution is 2.56. The van der Waals surface area contributed by atoms with Crippen LogP contribution < -0.4 is 9.64 Å². The lowest BCUT2D eigenvalue weighted by Gasteiger charge is -2.38. The fourth-order valence-corrected chi connectivity index (χ4v) is 6.79. The molecule has 0 N–H and O–H groups in total. The van der Waals surface area contributed by atoms with Crippen LogP contribution >= 0.6 is 0 Å². The van der Waals surface area contributed by atoms with E-state index < -0.39 is 5.41 Å². The predicted molar refractivity (Wildman–Crippen MR) is 195 cm³/mol. The van der Waals surface area contributed by atoms with E-state index in [-0.39, 0.29) is 5.41 Å². The van der Waals surface area contributed by atoms with Crippen molar-refractivity contribution in [3.05, 3.63) is 150 Å². The summed E-state index contributed by atoms with van der Waals surface area (Å²) < 4.78 is 13.8. The van der Waals surface area contributed by atoms with Crippen molar-refractivity contribution in [3.8, 4) is 34.3 Å². The van der Waals surface area contributed by atoms with Gasteiger partial charge in [-0.05, 0) is 49.1 Å². The molecule has 1 aliphatic heterocycles. The van der Waals surface area contributed by atoms with Crippen LogP contribution in [0.25, 0.3) is 33.5 Å². The molecule has 0 spiro atoms. The monoisotopic (exact) mass is 627 g/mol. The van der Waals surface area contributed by atoms with Crippen LogP contribution in [-0.4, -0.2) is 9.97 Å². The Kier molecular flexibility index (Phi) is 6.95. The molecule has 48 heavy (non-hydrogen) atoms. The molecule has 0 unspecified atom stereocenters. The lowest BCUT2D eigenvalue weighted by atomic mass is 9.77. The third-order valence-corrected chi connectivity index (χ3v) is 9.23. The highest BCUT2D eigenvalue weighted by atomic mass is 16.5. The summed E-state index contributed by atoms with van der Waals surface area (Å²) in [6.07, 6.45) is 0. The molecular weight excluding hydrogens is 590 g/mol. The first-order chi connectivity index (χ1) is 23.2. The number of aromatic nitrogens is 2. The van der Waals surface area contributed by atoms with Crippen molar-refractivity contribution in [1.82, 2.24) is 9.97 Å². The summed E-state index contributed by atoms with van der Waals surface area (Å²) in [4.78, 5) is 12.6. The lowest BCUT2D eigenvalue weighted by molar-refractivity contribution is 0.423. The van der Waals surface area contributed by atoms with Gasteiger partial charge in [0.05, 0.1) is 27.9 Å². The molecule has 0 amide bonds. The first kappa shape index (κ1) is 29.7. The molecule has 0 atom stereocenters. The Balaban J connectivity index is 1.40. The molecule has 0 aliphatic carbocycles. The van der Waals surface area contributed by atoms with Gasteiger partial charge in [-0.1, -0.05) is 124 Å². The van der Waals surface area contributed by atoms with Crippen molar-refractivity contribution in [2.24, 2.45) is 0 Å². The Hall–Kier alpha value is -5.68. The van der Waals surface area contributed by atoms with Crippen molar-refractivity contribution in [2.45, 2.75) is 45.4 Å². The van der Waals surface area contributed by atoms with E-state index in [9.17, 15) is 0 Å². The van der Waals surface area contributed by atoms with E-state index in [0.717, 1.165) is 61.9 Å². The molecule has 0 saturated heterocycles. The molecule has 0 radical (unpaired) electrons. The normalized spacial score (nSPS) is 13.6. The average molecular weight is 628 g/mol. The Bertz CT molecular complexity index is 2270. The highest BCUT2D eigenvalue weighted by Gasteiger charge is 2.42. The van der Waals surface area contributed by atoms with Gasteiger partial charge >= 0.3 is 0 Å². The van der Waals surface area contributed by atoms with Crippen LogP contribution in [0.15, 0.2) is 138 Å². The number of furan rings is 1. The number of fused-ring (bicyclic) bond motifs is 4. The van der Waals surface area contributed by atoms with Crippen LogP contribution in [0.1, 0.15) is 51.5 Å². The number of ether oxygens (including phenoxy) is 1. The van der Waals surface area contributed by atoms with Crippen molar-refractivity contribution in [1.29, 1.82) is 0 Å². The van der Waals surface area contributed by atoms with Gasteiger partial charge in [0, 0.05) is 28.4 Å². The summed E-state index contributed by atoms with van der Waals surface area (Å²) in [6.45, 7) is 11.0. The molecule has 0 bridgehead atoms. The molecule has 236 valence electrons. The number of hydrogen-bond donors (Lipinski definition) is 0. The molecule has 8 rings (SSSR count). The quantitative estimate of drug-likeness (QED) is 0.190. The second kappa shape index (κ2) is 11.2. The first-order valence-corrected chi connectivity index (χ1v) is 16.4. The van der Waals surface area contributed by atoms with E-state index in [1.165, 1.54) is 5.56 Å². The summed E-state index contributed by atoms with van der Waals surface area (Å²) in [5, 5.41) is 0.928. The minimum atomic E-state index is -0.407. The number of para-hydroxylation sites is 2. The van der Waals surface area contributed by atoms with E-state index in [2.05, 4.69) is 124 Å². The van der Waals surface area contributed by atoms with Gasteiger partial charge in [0.1, 0.15) is 11.5 Å². The standard InChI is InChI=1S/C43H37N3O2/c1-42(2,3)33-25-26-34(28-17-9-6-10-18-28)44-41(33)47-36-27-31-38-40(48-39(31)37(45-36)29-19-11-7-12-20-29)43(4,5)32-23-15-16-24-35(32)46(38)30-21-13-8-14-22-30/h6-27H,1-5H3. The van der Waals surface area contributed by atoms with Crippen molar-refractivity contribution < 1.29 is 9.15 Å². The summed E-state index contributed by atoms with van der Waals surface area (Å²) in [5.41, 5.74) is 9.01. The molecule has 5 heteroatoms. The third-order valence-electron chi connectivity index (χ3n) is 9.23. The van der Waals surface area contributed by atoms with Crippen LogP contribution in [0.4, 0.5) is 17.1 Å². The van der Waals surface area contributed by atoms with Gasteiger partial charge in [0.2, 0.25) is 11.8 Å². The molecular formula is C43H37N3O2. The average Bonchev–Trinajstić information content (AvgIpc) is 3.49. The Morgan fingerprint density at radius 1 is 0.688 bits per heavy atom. The van der Waals surface area contributed by atoms with E-state index >= 15 is 0 Å². The van der Waals surface area contributed by atoms with Crippen LogP contribution in [-0.2, 0) is 10.8 Å². The molecule has 4 aromatic carbocycles. The first-order valence-electron chi connectivity index (χ1n) is 16.4. The number of nitrogens with zero attached hydrogens (tertiary/aromatic N) is 3. The second-order valence-electron chi connectivity index (χ2n) is 13.9. The number of hydrogen-bond acceptors (Lipinski definition) is 5. The second-order valence-corrected chi connectivity index (χ2v) is 13.9. The summed E-state index contributed by atoms with van der Waals surface area (Å²) in [5.74, 6) is 1.88.